The number of hydrogen-bond acceptors (Lipinski definition) is 3. The Morgan fingerprint density at radius 2 is 1.83 bits per heavy atom. The summed E-state index contributed by atoms with van der Waals surface area (Å²) in [6.45, 7) is 4.76. The highest BCUT2D eigenvalue weighted by Crippen LogP contribution is 2.36. The van der Waals surface area contributed by atoms with E-state index in [4.69, 9.17) is 0 Å². The van der Waals surface area contributed by atoms with Crippen molar-refractivity contribution in [1.82, 2.24) is 15.1 Å². The van der Waals surface area contributed by atoms with Crippen molar-refractivity contribution in [1.29, 1.82) is 0 Å². The lowest BCUT2D eigenvalue weighted by Gasteiger charge is -2.40. The van der Waals surface area contributed by atoms with Crippen LogP contribution in [-0.2, 0) is 10.8 Å². The van der Waals surface area contributed by atoms with Crippen LogP contribution in [-0.4, -0.2) is 69.8 Å². The van der Waals surface area contributed by atoms with Gasteiger partial charge in [0.15, 0.2) is 0 Å². The van der Waals surface area contributed by atoms with Gasteiger partial charge in [-0.3, -0.25) is 4.21 Å². The van der Waals surface area contributed by atoms with Gasteiger partial charge < -0.3 is 15.1 Å². The first-order valence-corrected chi connectivity index (χ1v) is 10.8. The minimum absolute atomic E-state index is 0.0452. The Morgan fingerprint density at radius 1 is 1.09 bits per heavy atom. The Kier molecular flexibility index (Phi) is 5.62. The Hall–Kier alpha value is -0.620. The number of amides is 2. The second-order valence-corrected chi connectivity index (χ2v) is 9.24. The molecule has 3 fully saturated rings. The molecule has 0 aromatic carbocycles. The molecule has 2 saturated heterocycles. The van der Waals surface area contributed by atoms with E-state index in [0.29, 0.717) is 12.6 Å². The molecule has 0 unspecified atom stereocenters. The van der Waals surface area contributed by atoms with E-state index in [9.17, 15) is 9.00 Å². The first-order chi connectivity index (χ1) is 11.1. The summed E-state index contributed by atoms with van der Waals surface area (Å²) < 4.78 is 11.8. The van der Waals surface area contributed by atoms with Crippen LogP contribution in [0.15, 0.2) is 0 Å². The van der Waals surface area contributed by atoms with E-state index < -0.39 is 10.8 Å². The van der Waals surface area contributed by atoms with Crippen LogP contribution in [0.1, 0.15) is 51.4 Å². The van der Waals surface area contributed by atoms with Gasteiger partial charge in [0.1, 0.15) is 0 Å². The summed E-state index contributed by atoms with van der Waals surface area (Å²) in [6.07, 6.45) is 10.9. The molecule has 6 heteroatoms. The monoisotopic (exact) mass is 341 g/mol. The van der Waals surface area contributed by atoms with Crippen LogP contribution in [0, 0.1) is 0 Å². The maximum Gasteiger partial charge on any atom is 0.317 e. The maximum absolute atomic E-state index is 12.5. The third-order valence-corrected chi connectivity index (χ3v) is 7.85. The highest BCUT2D eigenvalue weighted by molar-refractivity contribution is 7.85. The Labute approximate surface area is 142 Å². The quantitative estimate of drug-likeness (QED) is 0.850. The number of nitrogens with one attached hydrogen (secondary N) is 1. The number of carbonyl (C=O) groups is 1. The highest BCUT2D eigenvalue weighted by atomic mass is 32.2. The summed E-state index contributed by atoms with van der Waals surface area (Å²) in [5, 5.41) is 3.07. The molecule has 0 aromatic rings. The van der Waals surface area contributed by atoms with Gasteiger partial charge in [0, 0.05) is 42.7 Å². The van der Waals surface area contributed by atoms with Crippen LogP contribution < -0.4 is 5.32 Å². The molecule has 1 saturated carbocycles. The van der Waals surface area contributed by atoms with Crippen LogP contribution >= 0.6 is 0 Å². The summed E-state index contributed by atoms with van der Waals surface area (Å²) >= 11 is 0. The lowest BCUT2D eigenvalue weighted by atomic mass is 9.84. The molecule has 0 bridgehead atoms. The first-order valence-electron chi connectivity index (χ1n) is 9.21. The second kappa shape index (κ2) is 7.51. The van der Waals surface area contributed by atoms with Gasteiger partial charge in [-0.25, -0.2) is 4.79 Å². The summed E-state index contributed by atoms with van der Waals surface area (Å²) in [7, 11) is -0.854. The second-order valence-electron chi connectivity index (χ2n) is 7.46. The lowest BCUT2D eigenvalue weighted by Crippen LogP contribution is -2.53. The first kappa shape index (κ1) is 17.2. The van der Waals surface area contributed by atoms with Crippen molar-refractivity contribution >= 4 is 16.8 Å². The van der Waals surface area contributed by atoms with Crippen molar-refractivity contribution in [3.8, 4) is 0 Å². The fourth-order valence-electron chi connectivity index (χ4n) is 4.24. The van der Waals surface area contributed by atoms with E-state index in [1.807, 2.05) is 4.90 Å². The Morgan fingerprint density at radius 3 is 2.43 bits per heavy atom. The van der Waals surface area contributed by atoms with Crippen molar-refractivity contribution in [2.45, 2.75) is 62.2 Å². The highest BCUT2D eigenvalue weighted by Gasteiger charge is 2.41. The predicted octanol–water partition coefficient (Wildman–Crippen LogP) is 1.95. The molecule has 0 spiro atoms. The standard InChI is InChI=1S/C17H31N3O2S/c1-23(22)17(8-5-9-17)14-18-16(21)20-12-4-6-15(7-13-20)19-10-2-3-11-19/h15H,2-14H2,1H3,(H,18,21)/t15-,23-/m1/s1. The lowest BCUT2D eigenvalue weighted by molar-refractivity contribution is 0.190. The fraction of sp³-hybridized carbons (Fsp3) is 0.941. The van der Waals surface area contributed by atoms with Crippen LogP contribution in [0.2, 0.25) is 0 Å². The normalized spacial score (nSPS) is 29.6. The number of likely N-dealkylation sites (tertiary alicyclic amines) is 2. The molecule has 2 atom stereocenters. The Bertz CT molecular complexity index is 447. The van der Waals surface area contributed by atoms with Crippen LogP contribution in [0.3, 0.4) is 0 Å². The molecule has 23 heavy (non-hydrogen) atoms. The van der Waals surface area contributed by atoms with E-state index in [1.54, 1.807) is 6.26 Å². The molecular weight excluding hydrogens is 310 g/mol. The molecule has 1 N–H and O–H groups in total. The zero-order chi connectivity index (χ0) is 16.3. The van der Waals surface area contributed by atoms with Gasteiger partial charge in [-0.15, -0.1) is 0 Å². The van der Waals surface area contributed by atoms with Crippen molar-refractivity contribution in [3.63, 3.8) is 0 Å². The third-order valence-electron chi connectivity index (χ3n) is 6.08. The maximum atomic E-state index is 12.5. The molecule has 0 radical (unpaired) electrons. The molecule has 2 amide bonds. The summed E-state index contributed by atoms with van der Waals surface area (Å²) in [5.74, 6) is 0. The van der Waals surface area contributed by atoms with E-state index in [1.165, 1.54) is 32.4 Å². The molecule has 2 aliphatic heterocycles. The number of hydrogen-bond donors (Lipinski definition) is 1. The van der Waals surface area contributed by atoms with Gasteiger partial charge in [-0.1, -0.05) is 6.42 Å². The van der Waals surface area contributed by atoms with Crippen molar-refractivity contribution < 1.29 is 9.00 Å². The van der Waals surface area contributed by atoms with E-state index in [-0.39, 0.29) is 10.8 Å². The zero-order valence-corrected chi connectivity index (χ0v) is 15.2. The third kappa shape index (κ3) is 3.90. The van der Waals surface area contributed by atoms with Crippen LogP contribution in [0.25, 0.3) is 0 Å². The number of carbonyl (C=O) groups excluding carboxylic acids is 1. The summed E-state index contributed by atoms with van der Waals surface area (Å²) in [6, 6.07) is 0.709. The predicted molar refractivity (Wildman–Crippen MR) is 94.1 cm³/mol. The SMILES string of the molecule is C[S@@](=O)C1(CNC(=O)N2CCC[C@@H](N3CCCC3)CC2)CCC1. The van der Waals surface area contributed by atoms with Gasteiger partial charge in [0.2, 0.25) is 0 Å². The van der Waals surface area contributed by atoms with E-state index in [0.717, 1.165) is 45.2 Å². The minimum Gasteiger partial charge on any atom is -0.336 e. The molecule has 1 aliphatic carbocycles. The molecule has 0 aromatic heterocycles. The molecule has 5 nitrogen and oxygen atoms in total. The fourth-order valence-corrected chi connectivity index (χ4v) is 5.38. The van der Waals surface area contributed by atoms with E-state index in [2.05, 4.69) is 10.2 Å². The molecule has 2 heterocycles. The van der Waals surface area contributed by atoms with Gasteiger partial charge in [-0.05, 0) is 58.0 Å². The van der Waals surface area contributed by atoms with Gasteiger partial charge >= 0.3 is 6.03 Å². The summed E-state index contributed by atoms with van der Waals surface area (Å²) in [4.78, 5) is 17.1. The number of rotatable bonds is 4. The average molecular weight is 342 g/mol. The Balaban J connectivity index is 1.47. The molecule has 132 valence electrons. The van der Waals surface area contributed by atoms with Gasteiger partial charge in [-0.2, -0.15) is 0 Å². The average Bonchev–Trinajstić information content (AvgIpc) is 2.90. The summed E-state index contributed by atoms with van der Waals surface area (Å²) in [5.41, 5.74) is 0. The molecule has 3 aliphatic rings. The topological polar surface area (TPSA) is 52.7 Å². The van der Waals surface area contributed by atoms with Crippen molar-refractivity contribution in [3.05, 3.63) is 0 Å². The van der Waals surface area contributed by atoms with Crippen molar-refractivity contribution in [2.75, 3.05) is 39.0 Å². The van der Waals surface area contributed by atoms with Crippen LogP contribution in [0.4, 0.5) is 4.79 Å². The largest absolute Gasteiger partial charge is 0.336 e. The number of nitrogens with zero attached hydrogens (tertiary/aromatic N) is 2. The van der Waals surface area contributed by atoms with E-state index >= 15 is 0 Å². The molecule has 3 rings (SSSR count). The van der Waals surface area contributed by atoms with Crippen molar-refractivity contribution in [2.24, 2.45) is 0 Å². The smallest absolute Gasteiger partial charge is 0.317 e. The zero-order valence-electron chi connectivity index (χ0n) is 14.4. The van der Waals surface area contributed by atoms with Gasteiger partial charge in [0.25, 0.3) is 0 Å². The molecular formula is C17H31N3O2S. The van der Waals surface area contributed by atoms with Crippen LogP contribution in [0.5, 0.6) is 0 Å². The van der Waals surface area contributed by atoms with Gasteiger partial charge in [0.05, 0.1) is 4.75 Å². The number of urea groups is 1. The minimum atomic E-state index is -0.854.